The fraction of sp³-hybridized carbons (Fsp3) is 0.267. The Kier molecular flexibility index (Phi) is 7.27. The van der Waals surface area contributed by atoms with Gasteiger partial charge in [0.25, 0.3) is 11.8 Å². The molecule has 3 N–H and O–H groups in total. The molecule has 2 aromatic rings. The monoisotopic (exact) mass is 372 g/mol. The summed E-state index contributed by atoms with van der Waals surface area (Å²) in [7, 11) is 3.06. The molecule has 0 atom stereocenters. The first-order valence-corrected chi connectivity index (χ1v) is 7.77. The first kappa shape index (κ1) is 20.0. The average Bonchev–Trinajstić information content (AvgIpc) is 2.97. The van der Waals surface area contributed by atoms with Crippen LogP contribution in [0.3, 0.4) is 0 Å². The van der Waals surface area contributed by atoms with Gasteiger partial charge in [0.15, 0.2) is 0 Å². The summed E-state index contributed by atoms with van der Waals surface area (Å²) < 4.78 is 13.7. The Bertz CT molecular complexity index is 736. The smallest absolute Gasteiger partial charge is 0.275 e. The third-order valence-corrected chi connectivity index (χ3v) is 3.91. The summed E-state index contributed by atoms with van der Waals surface area (Å²) in [5, 5.41) is 5.02. The van der Waals surface area contributed by atoms with E-state index < -0.39 is 17.6 Å². The normalized spacial score (nSPS) is 10.0. The Morgan fingerprint density at radius 2 is 2.08 bits per heavy atom. The van der Waals surface area contributed by atoms with Crippen LogP contribution in [0.5, 0.6) is 0 Å². The molecule has 2 rings (SSSR count). The van der Waals surface area contributed by atoms with Crippen LogP contribution in [0.4, 0.5) is 10.1 Å². The molecule has 0 aliphatic heterocycles. The lowest BCUT2D eigenvalue weighted by Gasteiger charge is -2.12. The topological polar surface area (TPSA) is 88.3 Å². The molecule has 6 nitrogen and oxygen atoms in total. The van der Waals surface area contributed by atoms with Crippen LogP contribution in [-0.4, -0.2) is 42.3 Å². The lowest BCUT2D eigenvalue weighted by atomic mass is 10.1. The first-order valence-electron chi connectivity index (χ1n) is 6.89. The van der Waals surface area contributed by atoms with Crippen molar-refractivity contribution in [2.75, 3.05) is 26.0 Å². The highest BCUT2D eigenvalue weighted by Crippen LogP contribution is 2.18. The highest BCUT2D eigenvalue weighted by molar-refractivity contribution is 7.09. The number of benzene rings is 1. The maximum Gasteiger partial charge on any atom is 0.275 e. The molecule has 130 valence electrons. The molecule has 0 unspecified atom stereocenters. The third kappa shape index (κ3) is 4.73. The fourth-order valence-electron chi connectivity index (χ4n) is 1.86. The van der Waals surface area contributed by atoms with E-state index in [9.17, 15) is 14.0 Å². The van der Waals surface area contributed by atoms with Crippen LogP contribution in [0.15, 0.2) is 23.6 Å². The maximum absolute atomic E-state index is 13.7. The van der Waals surface area contributed by atoms with Crippen LogP contribution >= 0.6 is 23.7 Å². The van der Waals surface area contributed by atoms with Crippen molar-refractivity contribution < 1.29 is 14.0 Å². The van der Waals surface area contributed by atoms with E-state index >= 15 is 0 Å². The van der Waals surface area contributed by atoms with Gasteiger partial charge >= 0.3 is 0 Å². The van der Waals surface area contributed by atoms with E-state index in [0.717, 1.165) is 11.1 Å². The number of thiazole rings is 1. The van der Waals surface area contributed by atoms with Crippen LogP contribution in [0, 0.1) is 5.82 Å². The summed E-state index contributed by atoms with van der Waals surface area (Å²) in [5.74, 6) is -1.53. The molecule has 0 saturated heterocycles. The predicted molar refractivity (Wildman–Crippen MR) is 94.5 cm³/mol. The zero-order valence-corrected chi connectivity index (χ0v) is 14.8. The second kappa shape index (κ2) is 8.72. The zero-order valence-electron chi connectivity index (χ0n) is 13.2. The van der Waals surface area contributed by atoms with E-state index in [-0.39, 0.29) is 23.7 Å². The van der Waals surface area contributed by atoms with E-state index in [4.69, 9.17) is 5.73 Å². The summed E-state index contributed by atoms with van der Waals surface area (Å²) >= 11 is 1.35. The van der Waals surface area contributed by atoms with Crippen molar-refractivity contribution in [2.45, 2.75) is 6.42 Å². The van der Waals surface area contributed by atoms with Crippen molar-refractivity contribution in [3.63, 3.8) is 0 Å². The van der Waals surface area contributed by atoms with Gasteiger partial charge in [-0.15, -0.1) is 23.7 Å². The predicted octanol–water partition coefficient (Wildman–Crippen LogP) is 2.16. The van der Waals surface area contributed by atoms with Crippen molar-refractivity contribution in [3.05, 3.63) is 45.7 Å². The highest BCUT2D eigenvalue weighted by atomic mass is 35.5. The summed E-state index contributed by atoms with van der Waals surface area (Å²) in [6, 6.07) is 3.85. The van der Waals surface area contributed by atoms with Gasteiger partial charge in [-0.3, -0.25) is 9.59 Å². The number of rotatable bonds is 5. The van der Waals surface area contributed by atoms with E-state index in [1.807, 2.05) is 0 Å². The van der Waals surface area contributed by atoms with Gasteiger partial charge in [0.2, 0.25) is 0 Å². The summed E-state index contributed by atoms with van der Waals surface area (Å²) in [5.41, 5.74) is 5.94. The molecule has 0 spiro atoms. The molecule has 2 amide bonds. The molecule has 1 heterocycles. The van der Waals surface area contributed by atoms with Crippen molar-refractivity contribution in [1.29, 1.82) is 0 Å². The Morgan fingerprint density at radius 3 is 2.71 bits per heavy atom. The van der Waals surface area contributed by atoms with Crippen molar-refractivity contribution in [3.8, 4) is 0 Å². The average molecular weight is 373 g/mol. The SMILES string of the molecule is CN(C)C(=O)c1cc(NC(=O)c2csc(CCN)n2)ccc1F.Cl. The molecule has 0 aliphatic carbocycles. The largest absolute Gasteiger partial charge is 0.345 e. The van der Waals surface area contributed by atoms with Crippen LogP contribution < -0.4 is 11.1 Å². The second-order valence-electron chi connectivity index (χ2n) is 5.01. The van der Waals surface area contributed by atoms with E-state index in [1.165, 1.54) is 42.5 Å². The second-order valence-corrected chi connectivity index (χ2v) is 5.96. The molecule has 1 aromatic carbocycles. The molecule has 24 heavy (non-hydrogen) atoms. The number of halogens is 2. The van der Waals surface area contributed by atoms with Gasteiger partial charge < -0.3 is 16.0 Å². The standard InChI is InChI=1S/C15H17FN4O2S.ClH/c1-20(2)15(22)10-7-9(3-4-11(10)16)18-14(21)12-8-23-13(19-12)5-6-17;/h3-4,7-8H,5-6,17H2,1-2H3,(H,18,21);1H. The number of nitrogens with one attached hydrogen (secondary N) is 1. The van der Waals surface area contributed by atoms with Gasteiger partial charge in [-0.05, 0) is 24.7 Å². The Hall–Kier alpha value is -2.03. The zero-order chi connectivity index (χ0) is 17.0. The van der Waals surface area contributed by atoms with Crippen LogP contribution in [-0.2, 0) is 6.42 Å². The molecule has 1 aromatic heterocycles. The number of carbonyl (C=O) groups is 2. The molecule has 0 aliphatic rings. The van der Waals surface area contributed by atoms with Gasteiger partial charge in [0.1, 0.15) is 11.5 Å². The van der Waals surface area contributed by atoms with Crippen molar-refractivity contribution in [1.82, 2.24) is 9.88 Å². The van der Waals surface area contributed by atoms with Gasteiger partial charge in [-0.1, -0.05) is 0 Å². The number of carbonyl (C=O) groups excluding carboxylic acids is 2. The summed E-state index contributed by atoms with van der Waals surface area (Å²) in [4.78, 5) is 29.5. The molecule has 9 heteroatoms. The summed E-state index contributed by atoms with van der Waals surface area (Å²) in [6.45, 7) is 0.461. The first-order chi connectivity index (χ1) is 10.9. The summed E-state index contributed by atoms with van der Waals surface area (Å²) in [6.07, 6.45) is 0.607. The van der Waals surface area contributed by atoms with Crippen LogP contribution in [0.1, 0.15) is 25.9 Å². The minimum absolute atomic E-state index is 0. The number of amides is 2. The van der Waals surface area contributed by atoms with E-state index in [2.05, 4.69) is 10.3 Å². The Morgan fingerprint density at radius 1 is 1.38 bits per heavy atom. The number of hydrogen-bond donors (Lipinski definition) is 2. The minimum atomic E-state index is -0.638. The van der Waals surface area contributed by atoms with Gasteiger partial charge in [-0.2, -0.15) is 0 Å². The molecule has 0 saturated carbocycles. The number of nitrogens with two attached hydrogens (primary N) is 1. The minimum Gasteiger partial charge on any atom is -0.345 e. The van der Waals surface area contributed by atoms with Crippen LogP contribution in [0.2, 0.25) is 0 Å². The van der Waals surface area contributed by atoms with E-state index in [1.54, 1.807) is 5.38 Å². The highest BCUT2D eigenvalue weighted by Gasteiger charge is 2.16. The van der Waals surface area contributed by atoms with Crippen LogP contribution in [0.25, 0.3) is 0 Å². The fourth-order valence-corrected chi connectivity index (χ4v) is 2.65. The van der Waals surface area contributed by atoms with Crippen molar-refractivity contribution >= 4 is 41.2 Å². The Labute approximate surface area is 149 Å². The third-order valence-electron chi connectivity index (χ3n) is 3.00. The Balaban J connectivity index is 0.00000288. The molecule has 0 radical (unpaired) electrons. The van der Waals surface area contributed by atoms with Gasteiger partial charge in [0, 0.05) is 31.6 Å². The quantitative estimate of drug-likeness (QED) is 0.841. The van der Waals surface area contributed by atoms with Gasteiger partial charge in [-0.25, -0.2) is 9.37 Å². The molecule has 0 bridgehead atoms. The van der Waals surface area contributed by atoms with E-state index in [0.29, 0.717) is 18.7 Å². The number of aromatic nitrogens is 1. The lowest BCUT2D eigenvalue weighted by Crippen LogP contribution is -2.23. The number of hydrogen-bond acceptors (Lipinski definition) is 5. The van der Waals surface area contributed by atoms with Gasteiger partial charge in [0.05, 0.1) is 10.6 Å². The molecular weight excluding hydrogens is 355 g/mol. The van der Waals surface area contributed by atoms with Crippen molar-refractivity contribution in [2.24, 2.45) is 5.73 Å². The lowest BCUT2D eigenvalue weighted by molar-refractivity contribution is 0.0822. The molecule has 0 fully saturated rings. The number of nitrogens with zero attached hydrogens (tertiary/aromatic N) is 2. The number of anilines is 1. The maximum atomic E-state index is 13.7. The molecular formula is C15H18ClFN4O2S.